The molecule has 0 radical (unpaired) electrons. The van der Waals surface area contributed by atoms with Crippen molar-refractivity contribution >= 4 is 17.7 Å². The van der Waals surface area contributed by atoms with Gasteiger partial charge in [-0.2, -0.15) is 0 Å². The van der Waals surface area contributed by atoms with E-state index in [0.717, 1.165) is 0 Å². The van der Waals surface area contributed by atoms with Gasteiger partial charge in [0.1, 0.15) is 6.04 Å². The maximum atomic E-state index is 13.2. The quantitative estimate of drug-likeness (QED) is 0.132. The summed E-state index contributed by atoms with van der Waals surface area (Å²) in [6.07, 6.45) is 2.18. The second-order valence-electron chi connectivity index (χ2n) is 9.05. The number of amides is 3. The second-order valence-corrected chi connectivity index (χ2v) is 9.05. The van der Waals surface area contributed by atoms with Gasteiger partial charge in [-0.05, 0) is 24.2 Å². The summed E-state index contributed by atoms with van der Waals surface area (Å²) in [6.45, 7) is 14.6. The lowest BCUT2D eigenvalue weighted by molar-refractivity contribution is -0.142. The van der Waals surface area contributed by atoms with Crippen molar-refractivity contribution in [1.29, 1.82) is 0 Å². The Kier molecular flexibility index (Phi) is 14.0. The minimum atomic E-state index is -0.810. The van der Waals surface area contributed by atoms with Crippen LogP contribution < -0.4 is 16.1 Å². The number of hydroxylamine groups is 1. The number of carbonyl (C=O) groups excluding carboxylic acids is 3. The fraction of sp³-hybridized carbons (Fsp3) is 0.773. The van der Waals surface area contributed by atoms with Crippen LogP contribution in [0, 0.1) is 23.2 Å². The molecule has 0 aliphatic rings. The van der Waals surface area contributed by atoms with Gasteiger partial charge >= 0.3 is 0 Å². The molecule has 0 aliphatic heterocycles. The van der Waals surface area contributed by atoms with Gasteiger partial charge < -0.3 is 20.1 Å². The van der Waals surface area contributed by atoms with E-state index in [0.29, 0.717) is 32.8 Å². The molecule has 4 N–H and O–H groups in total. The van der Waals surface area contributed by atoms with Crippen LogP contribution in [0.2, 0.25) is 0 Å². The van der Waals surface area contributed by atoms with Gasteiger partial charge in [-0.25, -0.2) is 5.48 Å². The van der Waals surface area contributed by atoms with Crippen LogP contribution in [-0.4, -0.2) is 62.4 Å². The molecule has 31 heavy (non-hydrogen) atoms. The van der Waals surface area contributed by atoms with E-state index in [9.17, 15) is 14.4 Å². The van der Waals surface area contributed by atoms with Crippen LogP contribution in [-0.2, 0) is 23.9 Å². The number of hydrogen-bond acceptors (Lipinski definition) is 6. The highest BCUT2D eigenvalue weighted by atomic mass is 16.5. The summed E-state index contributed by atoms with van der Waals surface area (Å²) in [4.78, 5) is 38.2. The maximum absolute atomic E-state index is 13.2. The molecule has 0 aromatic carbocycles. The molecule has 0 saturated heterocycles. The third kappa shape index (κ3) is 11.3. The molecule has 0 fully saturated rings. The van der Waals surface area contributed by atoms with Gasteiger partial charge in [0.2, 0.25) is 17.7 Å². The molecule has 9 nitrogen and oxygen atoms in total. The van der Waals surface area contributed by atoms with Crippen molar-refractivity contribution in [3.05, 3.63) is 12.7 Å². The zero-order valence-corrected chi connectivity index (χ0v) is 19.8. The predicted molar refractivity (Wildman–Crippen MR) is 118 cm³/mol. The number of rotatable bonds is 15. The van der Waals surface area contributed by atoms with E-state index in [4.69, 9.17) is 14.7 Å². The lowest BCUT2D eigenvalue weighted by atomic mass is 9.80. The molecule has 3 amide bonds. The minimum absolute atomic E-state index is 0.126. The number of methoxy groups -OCH3 is 1. The summed E-state index contributed by atoms with van der Waals surface area (Å²) in [6, 6.07) is -0.810. The fourth-order valence-electron chi connectivity index (χ4n) is 3.20. The van der Waals surface area contributed by atoms with E-state index in [1.807, 2.05) is 34.6 Å². The first-order valence-electron chi connectivity index (χ1n) is 10.7. The van der Waals surface area contributed by atoms with Crippen molar-refractivity contribution in [1.82, 2.24) is 16.1 Å². The summed E-state index contributed by atoms with van der Waals surface area (Å²) in [5.74, 6) is -2.77. The number of hydrogen-bond donors (Lipinski definition) is 4. The average molecular weight is 444 g/mol. The van der Waals surface area contributed by atoms with E-state index in [-0.39, 0.29) is 18.2 Å². The van der Waals surface area contributed by atoms with Gasteiger partial charge in [0.15, 0.2) is 0 Å². The summed E-state index contributed by atoms with van der Waals surface area (Å²) < 4.78 is 10.2. The van der Waals surface area contributed by atoms with E-state index in [2.05, 4.69) is 17.2 Å². The first-order chi connectivity index (χ1) is 14.5. The first-order valence-corrected chi connectivity index (χ1v) is 10.7. The average Bonchev–Trinajstić information content (AvgIpc) is 2.69. The Balaban J connectivity index is 5.35. The van der Waals surface area contributed by atoms with Crippen LogP contribution in [0.1, 0.15) is 47.5 Å². The van der Waals surface area contributed by atoms with Crippen molar-refractivity contribution in [3.63, 3.8) is 0 Å². The molecular weight excluding hydrogens is 402 g/mol. The highest BCUT2D eigenvalue weighted by Crippen LogP contribution is 2.27. The van der Waals surface area contributed by atoms with Crippen LogP contribution in [0.15, 0.2) is 12.7 Å². The SMILES string of the molecule is C=CC[C@H](C(=O)NO)[C@@H](CC(C)C)C(=O)N[C@H](C(=O)NCCOCCOC)C(C)(C)C. The van der Waals surface area contributed by atoms with Gasteiger partial charge in [0.05, 0.1) is 31.7 Å². The van der Waals surface area contributed by atoms with Gasteiger partial charge in [-0.3, -0.25) is 19.6 Å². The topological polar surface area (TPSA) is 126 Å². The molecule has 180 valence electrons. The van der Waals surface area contributed by atoms with E-state index in [1.54, 1.807) is 12.6 Å². The molecule has 0 unspecified atom stereocenters. The van der Waals surface area contributed by atoms with Crippen molar-refractivity contribution in [3.8, 4) is 0 Å². The molecule has 0 rings (SSSR count). The van der Waals surface area contributed by atoms with Crippen molar-refractivity contribution < 1.29 is 29.1 Å². The molecule has 0 aliphatic carbocycles. The molecule has 0 aromatic heterocycles. The van der Waals surface area contributed by atoms with Crippen LogP contribution in [0.3, 0.4) is 0 Å². The third-order valence-electron chi connectivity index (χ3n) is 4.81. The van der Waals surface area contributed by atoms with E-state index < -0.39 is 35.1 Å². The number of ether oxygens (including phenoxy) is 2. The molecule has 0 heterocycles. The molecule has 0 aromatic rings. The summed E-state index contributed by atoms with van der Waals surface area (Å²) in [7, 11) is 1.58. The Morgan fingerprint density at radius 2 is 1.68 bits per heavy atom. The highest BCUT2D eigenvalue weighted by Gasteiger charge is 2.38. The van der Waals surface area contributed by atoms with Crippen molar-refractivity contribution in [2.75, 3.05) is 33.5 Å². The zero-order chi connectivity index (χ0) is 24.0. The summed E-state index contributed by atoms with van der Waals surface area (Å²) in [5.41, 5.74) is 1.08. The molecule has 9 heteroatoms. The standard InChI is InChI=1S/C22H41N3O6/c1-8-9-16(20(27)25-29)17(14-15(2)3)19(26)24-18(22(4,5)6)21(28)23-10-11-31-13-12-30-7/h8,15-18,29H,1,9-14H2,2-7H3,(H,23,28)(H,24,26)(H,25,27)/t16-,17+,18+/m0/s1. The number of allylic oxidation sites excluding steroid dienone is 1. The predicted octanol–water partition coefficient (Wildman–Crippen LogP) is 1.66. The van der Waals surface area contributed by atoms with Gasteiger partial charge in [0, 0.05) is 13.7 Å². The molecular formula is C22H41N3O6. The van der Waals surface area contributed by atoms with Crippen LogP contribution in [0.4, 0.5) is 0 Å². The van der Waals surface area contributed by atoms with Gasteiger partial charge in [0.25, 0.3) is 0 Å². The largest absolute Gasteiger partial charge is 0.382 e. The van der Waals surface area contributed by atoms with E-state index in [1.165, 1.54) is 6.08 Å². The monoisotopic (exact) mass is 443 g/mol. The van der Waals surface area contributed by atoms with E-state index >= 15 is 0 Å². The normalized spacial score (nSPS) is 14.5. The Labute approximate surface area is 186 Å². The Bertz CT molecular complexity index is 574. The second kappa shape index (κ2) is 14.9. The Morgan fingerprint density at radius 1 is 1.03 bits per heavy atom. The first kappa shape index (κ1) is 29.0. The van der Waals surface area contributed by atoms with Crippen LogP contribution in [0.5, 0.6) is 0 Å². The van der Waals surface area contributed by atoms with Gasteiger partial charge in [-0.1, -0.05) is 40.7 Å². The number of carbonyl (C=O) groups is 3. The van der Waals surface area contributed by atoms with Crippen LogP contribution in [0.25, 0.3) is 0 Å². The van der Waals surface area contributed by atoms with Crippen molar-refractivity contribution in [2.24, 2.45) is 23.2 Å². The van der Waals surface area contributed by atoms with Gasteiger partial charge in [-0.15, -0.1) is 6.58 Å². The Hall–Kier alpha value is -1.97. The van der Waals surface area contributed by atoms with Crippen molar-refractivity contribution in [2.45, 2.75) is 53.5 Å². The molecule has 0 saturated carbocycles. The minimum Gasteiger partial charge on any atom is -0.382 e. The smallest absolute Gasteiger partial charge is 0.247 e. The lowest BCUT2D eigenvalue weighted by Gasteiger charge is -2.33. The Morgan fingerprint density at radius 3 is 2.16 bits per heavy atom. The van der Waals surface area contributed by atoms with Crippen LogP contribution >= 0.6 is 0 Å². The molecule has 0 spiro atoms. The summed E-state index contributed by atoms with van der Waals surface area (Å²) >= 11 is 0. The lowest BCUT2D eigenvalue weighted by Crippen LogP contribution is -2.56. The summed E-state index contributed by atoms with van der Waals surface area (Å²) in [5, 5.41) is 14.7. The molecule has 0 bridgehead atoms. The highest BCUT2D eigenvalue weighted by molar-refractivity contribution is 5.91. The zero-order valence-electron chi connectivity index (χ0n) is 19.8. The molecule has 3 atom stereocenters. The third-order valence-corrected chi connectivity index (χ3v) is 4.81. The maximum Gasteiger partial charge on any atom is 0.247 e. The fourth-order valence-corrected chi connectivity index (χ4v) is 3.20. The number of nitrogens with one attached hydrogen (secondary N) is 3.